The largest absolute Gasteiger partial charge is 0.493 e. The van der Waals surface area contributed by atoms with E-state index in [0.29, 0.717) is 18.1 Å². The van der Waals surface area contributed by atoms with E-state index in [1.165, 1.54) is 12.1 Å². The fraction of sp³-hybridized carbons (Fsp3) is 0.500. The van der Waals surface area contributed by atoms with Crippen molar-refractivity contribution in [1.82, 2.24) is 0 Å². The lowest BCUT2D eigenvalue weighted by molar-refractivity contribution is -0.121. The van der Waals surface area contributed by atoms with Gasteiger partial charge in [-0.2, -0.15) is 0 Å². The van der Waals surface area contributed by atoms with Crippen molar-refractivity contribution in [2.45, 2.75) is 32.6 Å². The lowest BCUT2D eigenvalue weighted by Crippen LogP contribution is -2.11. The van der Waals surface area contributed by atoms with Gasteiger partial charge in [-0.15, -0.1) is 0 Å². The van der Waals surface area contributed by atoms with Crippen LogP contribution in [0.1, 0.15) is 31.2 Å². The molecule has 0 N–H and O–H groups in total. The highest BCUT2D eigenvalue weighted by Gasteiger charge is 2.23. The molecule has 0 heterocycles. The van der Waals surface area contributed by atoms with Crippen LogP contribution in [0.5, 0.6) is 5.75 Å². The second kappa shape index (κ2) is 5.30. The molecule has 1 aliphatic carbocycles. The molecule has 92 valence electrons. The minimum Gasteiger partial charge on any atom is -0.493 e. The third-order valence-corrected chi connectivity index (χ3v) is 3.29. The third-order valence-electron chi connectivity index (χ3n) is 3.29. The average Bonchev–Trinajstić information content (AvgIpc) is 2.68. The summed E-state index contributed by atoms with van der Waals surface area (Å²) in [6.45, 7) is 2.35. The first-order valence-corrected chi connectivity index (χ1v) is 6.08. The summed E-state index contributed by atoms with van der Waals surface area (Å²) in [5.74, 6) is 0.998. The Hall–Kier alpha value is -1.38. The molecule has 0 radical (unpaired) electrons. The maximum Gasteiger partial charge on any atom is 0.136 e. The zero-order valence-corrected chi connectivity index (χ0v) is 10.0. The Bertz CT molecular complexity index is 415. The van der Waals surface area contributed by atoms with Crippen LogP contribution in [0.15, 0.2) is 18.2 Å². The van der Waals surface area contributed by atoms with E-state index in [2.05, 4.69) is 0 Å². The van der Waals surface area contributed by atoms with E-state index in [4.69, 9.17) is 4.74 Å². The van der Waals surface area contributed by atoms with E-state index in [9.17, 15) is 9.18 Å². The van der Waals surface area contributed by atoms with Gasteiger partial charge in [0.25, 0.3) is 0 Å². The number of hydrogen-bond donors (Lipinski definition) is 0. The first-order valence-electron chi connectivity index (χ1n) is 6.08. The monoisotopic (exact) mass is 236 g/mol. The summed E-state index contributed by atoms with van der Waals surface area (Å²) >= 11 is 0. The van der Waals surface area contributed by atoms with Crippen LogP contribution in [0, 0.1) is 18.7 Å². The van der Waals surface area contributed by atoms with Gasteiger partial charge in [0, 0.05) is 12.3 Å². The maximum atomic E-state index is 12.9. The molecule has 0 saturated heterocycles. The predicted molar refractivity (Wildman–Crippen MR) is 63.6 cm³/mol. The lowest BCUT2D eigenvalue weighted by atomic mass is 10.0. The number of aryl methyl sites for hydroxylation is 1. The number of ether oxygens (including phenoxy) is 1. The van der Waals surface area contributed by atoms with Gasteiger partial charge in [0.1, 0.15) is 17.3 Å². The summed E-state index contributed by atoms with van der Waals surface area (Å²) in [5.41, 5.74) is 0.794. The molecule has 3 heteroatoms. The Labute approximate surface area is 101 Å². The van der Waals surface area contributed by atoms with Crippen molar-refractivity contribution in [3.8, 4) is 5.75 Å². The maximum absolute atomic E-state index is 12.9. The molecule has 0 bridgehead atoms. The zero-order valence-electron chi connectivity index (χ0n) is 10.0. The number of Topliss-reactive ketones (excluding diaryl/α,β-unsaturated/α-hetero) is 1. The molecular weight excluding hydrogens is 219 g/mol. The molecule has 0 aromatic heterocycles. The Morgan fingerprint density at radius 1 is 1.47 bits per heavy atom. The fourth-order valence-corrected chi connectivity index (χ4v) is 2.28. The minimum absolute atomic E-state index is 0.177. The molecule has 1 unspecified atom stereocenters. The van der Waals surface area contributed by atoms with E-state index >= 15 is 0 Å². The molecule has 0 spiro atoms. The van der Waals surface area contributed by atoms with Crippen LogP contribution in [0.3, 0.4) is 0 Å². The van der Waals surface area contributed by atoms with Crippen LogP contribution < -0.4 is 4.74 Å². The molecule has 1 aromatic rings. The van der Waals surface area contributed by atoms with E-state index in [-0.39, 0.29) is 11.7 Å². The zero-order chi connectivity index (χ0) is 12.3. The first-order chi connectivity index (χ1) is 8.16. The highest BCUT2D eigenvalue weighted by atomic mass is 19.1. The minimum atomic E-state index is -0.249. The molecule has 17 heavy (non-hydrogen) atoms. The third kappa shape index (κ3) is 3.05. The van der Waals surface area contributed by atoms with Crippen LogP contribution >= 0.6 is 0 Å². The van der Waals surface area contributed by atoms with E-state index < -0.39 is 0 Å². The summed E-state index contributed by atoms with van der Waals surface area (Å²) < 4.78 is 18.4. The molecule has 1 aliphatic rings. The van der Waals surface area contributed by atoms with Crippen molar-refractivity contribution in [3.63, 3.8) is 0 Å². The SMILES string of the molecule is Cc1cc(F)ccc1OCCC1CCCC1=O. The van der Waals surface area contributed by atoms with Gasteiger partial charge in [0.15, 0.2) is 0 Å². The smallest absolute Gasteiger partial charge is 0.136 e. The Morgan fingerprint density at radius 2 is 2.29 bits per heavy atom. The second-order valence-electron chi connectivity index (χ2n) is 4.60. The van der Waals surface area contributed by atoms with Crippen LogP contribution in [-0.4, -0.2) is 12.4 Å². The lowest BCUT2D eigenvalue weighted by Gasteiger charge is -2.11. The number of carbonyl (C=O) groups is 1. The molecule has 2 rings (SSSR count). The van der Waals surface area contributed by atoms with E-state index in [1.54, 1.807) is 6.07 Å². The van der Waals surface area contributed by atoms with Crippen molar-refractivity contribution in [2.24, 2.45) is 5.92 Å². The van der Waals surface area contributed by atoms with Crippen molar-refractivity contribution in [2.75, 3.05) is 6.61 Å². The molecule has 1 fully saturated rings. The first kappa shape index (κ1) is 12.1. The molecule has 2 nitrogen and oxygen atoms in total. The fourth-order valence-electron chi connectivity index (χ4n) is 2.28. The number of carbonyl (C=O) groups excluding carboxylic acids is 1. The standard InChI is InChI=1S/C14H17FO2/c1-10-9-12(15)5-6-14(10)17-8-7-11-3-2-4-13(11)16/h5-6,9,11H,2-4,7-8H2,1H3. The summed E-state index contributed by atoms with van der Waals surface area (Å²) in [5, 5.41) is 0. The highest BCUT2D eigenvalue weighted by Crippen LogP contribution is 2.25. The van der Waals surface area contributed by atoms with Gasteiger partial charge in [0.2, 0.25) is 0 Å². The normalized spacial score (nSPS) is 19.6. The quantitative estimate of drug-likeness (QED) is 0.802. The molecule has 0 amide bonds. The summed E-state index contributed by atoms with van der Waals surface area (Å²) in [7, 11) is 0. The molecule has 1 atom stereocenters. The second-order valence-corrected chi connectivity index (χ2v) is 4.60. The van der Waals surface area contributed by atoms with Gasteiger partial charge in [0.05, 0.1) is 6.61 Å². The van der Waals surface area contributed by atoms with Crippen molar-refractivity contribution in [1.29, 1.82) is 0 Å². The summed E-state index contributed by atoms with van der Waals surface area (Å²) in [6, 6.07) is 4.49. The number of ketones is 1. The topological polar surface area (TPSA) is 26.3 Å². The van der Waals surface area contributed by atoms with Crippen LogP contribution in [0.25, 0.3) is 0 Å². The van der Waals surface area contributed by atoms with Crippen LogP contribution in [0.2, 0.25) is 0 Å². The van der Waals surface area contributed by atoms with Crippen LogP contribution in [-0.2, 0) is 4.79 Å². The Balaban J connectivity index is 1.83. The Morgan fingerprint density at radius 3 is 2.94 bits per heavy atom. The summed E-state index contributed by atoms with van der Waals surface area (Å²) in [6.07, 6.45) is 3.50. The molecular formula is C14H17FO2. The van der Waals surface area contributed by atoms with E-state index in [1.807, 2.05) is 6.92 Å². The molecule has 0 aliphatic heterocycles. The van der Waals surface area contributed by atoms with Gasteiger partial charge in [-0.25, -0.2) is 4.39 Å². The highest BCUT2D eigenvalue weighted by molar-refractivity contribution is 5.82. The van der Waals surface area contributed by atoms with Gasteiger partial charge in [-0.3, -0.25) is 4.79 Å². The van der Waals surface area contributed by atoms with Crippen molar-refractivity contribution in [3.05, 3.63) is 29.6 Å². The summed E-state index contributed by atoms with van der Waals surface area (Å²) in [4.78, 5) is 11.4. The van der Waals surface area contributed by atoms with Gasteiger partial charge < -0.3 is 4.74 Å². The van der Waals surface area contributed by atoms with E-state index in [0.717, 1.165) is 31.2 Å². The van der Waals surface area contributed by atoms with Gasteiger partial charge in [-0.1, -0.05) is 0 Å². The van der Waals surface area contributed by atoms with Crippen LogP contribution in [0.4, 0.5) is 4.39 Å². The van der Waals surface area contributed by atoms with Gasteiger partial charge >= 0.3 is 0 Å². The number of hydrogen-bond acceptors (Lipinski definition) is 2. The number of rotatable bonds is 4. The predicted octanol–water partition coefficient (Wildman–Crippen LogP) is 3.27. The number of halogens is 1. The molecule has 1 saturated carbocycles. The average molecular weight is 236 g/mol. The van der Waals surface area contributed by atoms with Crippen molar-refractivity contribution >= 4 is 5.78 Å². The van der Waals surface area contributed by atoms with Gasteiger partial charge in [-0.05, 0) is 49.9 Å². The van der Waals surface area contributed by atoms with Crippen molar-refractivity contribution < 1.29 is 13.9 Å². The molecule has 1 aromatic carbocycles. The Kier molecular flexibility index (Phi) is 3.77. The number of benzene rings is 1.